The van der Waals surface area contributed by atoms with Gasteiger partial charge in [-0.25, -0.2) is 0 Å². The summed E-state index contributed by atoms with van der Waals surface area (Å²) < 4.78 is 2.07. The molecule has 148 valence electrons. The maximum atomic E-state index is 12.4. The molecule has 0 aliphatic carbocycles. The quantitative estimate of drug-likeness (QED) is 0.735. The van der Waals surface area contributed by atoms with Gasteiger partial charge in [-0.3, -0.25) is 9.48 Å². The summed E-state index contributed by atoms with van der Waals surface area (Å²) in [6, 6.07) is 10.5. The molecule has 0 saturated heterocycles. The van der Waals surface area contributed by atoms with Gasteiger partial charge in [0, 0.05) is 25.2 Å². The molecule has 1 unspecified atom stereocenters. The third-order valence-corrected chi connectivity index (χ3v) is 4.97. The van der Waals surface area contributed by atoms with E-state index in [9.17, 15) is 4.79 Å². The van der Waals surface area contributed by atoms with Crippen molar-refractivity contribution in [1.29, 1.82) is 0 Å². The fourth-order valence-electron chi connectivity index (χ4n) is 3.43. The highest BCUT2D eigenvalue weighted by Crippen LogP contribution is 2.18. The molecule has 0 aliphatic rings. The van der Waals surface area contributed by atoms with Crippen LogP contribution in [0.3, 0.4) is 0 Å². The monoisotopic (exact) mass is 370 g/mol. The Balaban J connectivity index is 1.92. The highest BCUT2D eigenvalue weighted by molar-refractivity contribution is 5.76. The van der Waals surface area contributed by atoms with Crippen LogP contribution in [0.15, 0.2) is 30.3 Å². The Labute approximate surface area is 163 Å². The molecule has 27 heavy (non-hydrogen) atoms. The van der Waals surface area contributed by atoms with Crippen LogP contribution in [-0.4, -0.2) is 41.2 Å². The van der Waals surface area contributed by atoms with Gasteiger partial charge in [-0.15, -0.1) is 0 Å². The molecular formula is C22H34N4O. The van der Waals surface area contributed by atoms with Crippen LogP contribution in [-0.2, 0) is 17.8 Å². The molecule has 5 nitrogen and oxygen atoms in total. The van der Waals surface area contributed by atoms with E-state index in [1.807, 2.05) is 39.2 Å². The highest BCUT2D eigenvalue weighted by Gasteiger charge is 2.17. The van der Waals surface area contributed by atoms with Crippen molar-refractivity contribution in [2.75, 3.05) is 20.6 Å². The summed E-state index contributed by atoms with van der Waals surface area (Å²) in [4.78, 5) is 14.6. The highest BCUT2D eigenvalue weighted by atomic mass is 16.1. The van der Waals surface area contributed by atoms with Gasteiger partial charge in [-0.05, 0) is 51.4 Å². The van der Waals surface area contributed by atoms with Crippen LogP contribution >= 0.6 is 0 Å². The number of aryl methyl sites for hydroxylation is 1. The van der Waals surface area contributed by atoms with Crippen molar-refractivity contribution in [2.45, 2.75) is 53.1 Å². The van der Waals surface area contributed by atoms with Crippen molar-refractivity contribution in [3.05, 3.63) is 52.8 Å². The summed E-state index contributed by atoms with van der Waals surface area (Å²) >= 11 is 0. The van der Waals surface area contributed by atoms with Crippen LogP contribution in [0.4, 0.5) is 0 Å². The van der Waals surface area contributed by atoms with Crippen LogP contribution in [0.2, 0.25) is 0 Å². The number of aromatic nitrogens is 2. The van der Waals surface area contributed by atoms with Crippen molar-refractivity contribution in [3.63, 3.8) is 0 Å². The lowest BCUT2D eigenvalue weighted by atomic mass is 10.1. The summed E-state index contributed by atoms with van der Waals surface area (Å²) in [5.74, 6) is 0.647. The average molecular weight is 371 g/mol. The molecule has 0 aliphatic heterocycles. The molecule has 0 fully saturated rings. The second-order valence-corrected chi connectivity index (χ2v) is 7.92. The van der Waals surface area contributed by atoms with Gasteiger partial charge in [-0.2, -0.15) is 5.10 Å². The fraction of sp³-hybridized carbons (Fsp3) is 0.545. The molecule has 0 radical (unpaired) electrons. The Morgan fingerprint density at radius 1 is 1.19 bits per heavy atom. The number of hydrogen-bond acceptors (Lipinski definition) is 3. The first-order valence-corrected chi connectivity index (χ1v) is 9.80. The van der Waals surface area contributed by atoms with E-state index in [4.69, 9.17) is 0 Å². The average Bonchev–Trinajstić information content (AvgIpc) is 2.86. The predicted molar refractivity (Wildman–Crippen MR) is 111 cm³/mol. The van der Waals surface area contributed by atoms with Crippen molar-refractivity contribution < 1.29 is 4.79 Å². The molecule has 5 heteroatoms. The third kappa shape index (κ3) is 5.93. The Hall–Kier alpha value is -2.14. The molecule has 0 spiro atoms. The van der Waals surface area contributed by atoms with Gasteiger partial charge in [-0.1, -0.05) is 44.2 Å². The molecular weight excluding hydrogens is 336 g/mol. The number of rotatable bonds is 9. The third-order valence-electron chi connectivity index (χ3n) is 4.97. The van der Waals surface area contributed by atoms with Crippen LogP contribution < -0.4 is 5.32 Å². The number of nitrogens with zero attached hydrogens (tertiary/aromatic N) is 3. The minimum atomic E-state index is 0.0909. The number of nitrogens with one attached hydrogen (secondary N) is 1. The topological polar surface area (TPSA) is 50.2 Å². The standard InChI is InChI=1S/C22H34N4O/c1-16(2)15-26-18(4)20(17(3)24-26)12-13-22(27)23-14-21(25(5)6)19-10-8-7-9-11-19/h7-11,16,21H,12-15H2,1-6H3,(H,23,27). The first-order chi connectivity index (χ1) is 12.8. The Kier molecular flexibility index (Phi) is 7.60. The molecule has 1 amide bonds. The van der Waals surface area contributed by atoms with E-state index in [2.05, 4.69) is 52.9 Å². The second kappa shape index (κ2) is 9.70. The summed E-state index contributed by atoms with van der Waals surface area (Å²) in [5.41, 5.74) is 4.64. The Bertz CT molecular complexity index is 734. The number of amides is 1. The van der Waals surface area contributed by atoms with E-state index < -0.39 is 0 Å². The molecule has 0 bridgehead atoms. The van der Waals surface area contributed by atoms with Gasteiger partial charge >= 0.3 is 0 Å². The minimum Gasteiger partial charge on any atom is -0.354 e. The predicted octanol–water partition coefficient (Wildman–Crippen LogP) is 3.51. The lowest BCUT2D eigenvalue weighted by Gasteiger charge is -2.25. The summed E-state index contributed by atoms with van der Waals surface area (Å²) in [7, 11) is 4.08. The number of hydrogen-bond donors (Lipinski definition) is 1. The molecule has 1 aromatic carbocycles. The van der Waals surface area contributed by atoms with Crippen LogP contribution in [0.25, 0.3) is 0 Å². The van der Waals surface area contributed by atoms with Crippen molar-refractivity contribution in [2.24, 2.45) is 5.92 Å². The van der Waals surface area contributed by atoms with Crippen molar-refractivity contribution in [3.8, 4) is 0 Å². The zero-order chi connectivity index (χ0) is 20.0. The summed E-state index contributed by atoms with van der Waals surface area (Å²) in [5, 5.41) is 7.75. The Morgan fingerprint density at radius 2 is 1.85 bits per heavy atom. The van der Waals surface area contributed by atoms with Gasteiger partial charge in [0.15, 0.2) is 0 Å². The van der Waals surface area contributed by atoms with Crippen molar-refractivity contribution in [1.82, 2.24) is 20.0 Å². The lowest BCUT2D eigenvalue weighted by Crippen LogP contribution is -2.34. The van der Waals surface area contributed by atoms with Gasteiger partial charge in [0.25, 0.3) is 0 Å². The molecule has 1 N–H and O–H groups in total. The van der Waals surface area contributed by atoms with E-state index >= 15 is 0 Å². The van der Waals surface area contributed by atoms with Crippen LogP contribution in [0, 0.1) is 19.8 Å². The molecule has 1 atom stereocenters. The normalized spacial score (nSPS) is 12.6. The largest absolute Gasteiger partial charge is 0.354 e. The van der Waals surface area contributed by atoms with Crippen LogP contribution in [0.5, 0.6) is 0 Å². The molecule has 2 rings (SSSR count). The van der Waals surface area contributed by atoms with E-state index in [0.29, 0.717) is 18.9 Å². The molecule has 0 saturated carbocycles. The number of benzene rings is 1. The lowest BCUT2D eigenvalue weighted by molar-refractivity contribution is -0.121. The maximum Gasteiger partial charge on any atom is 0.220 e. The fourth-order valence-corrected chi connectivity index (χ4v) is 3.43. The Morgan fingerprint density at radius 3 is 2.44 bits per heavy atom. The van der Waals surface area contributed by atoms with Crippen LogP contribution in [0.1, 0.15) is 48.8 Å². The number of carbonyl (C=O) groups excluding carboxylic acids is 1. The van der Waals surface area contributed by atoms with Gasteiger partial charge < -0.3 is 10.2 Å². The zero-order valence-electron chi connectivity index (χ0n) is 17.6. The van der Waals surface area contributed by atoms with E-state index in [1.54, 1.807) is 0 Å². The minimum absolute atomic E-state index is 0.0909. The smallest absolute Gasteiger partial charge is 0.220 e. The van der Waals surface area contributed by atoms with E-state index in [1.165, 1.54) is 16.8 Å². The summed E-state index contributed by atoms with van der Waals surface area (Å²) in [6.45, 7) is 10.1. The number of likely N-dealkylation sites (N-methyl/N-ethyl adjacent to an activating group) is 1. The first kappa shape index (κ1) is 21.2. The molecule has 1 aromatic heterocycles. The number of carbonyl (C=O) groups is 1. The zero-order valence-corrected chi connectivity index (χ0v) is 17.6. The van der Waals surface area contributed by atoms with Gasteiger partial charge in [0.1, 0.15) is 0 Å². The van der Waals surface area contributed by atoms with Crippen molar-refractivity contribution >= 4 is 5.91 Å². The first-order valence-electron chi connectivity index (χ1n) is 9.80. The summed E-state index contributed by atoms with van der Waals surface area (Å²) in [6.07, 6.45) is 1.23. The van der Waals surface area contributed by atoms with Gasteiger partial charge in [0.2, 0.25) is 5.91 Å². The SMILES string of the molecule is Cc1nn(CC(C)C)c(C)c1CCC(=O)NCC(c1ccccc1)N(C)C. The van der Waals surface area contributed by atoms with E-state index in [-0.39, 0.29) is 11.9 Å². The van der Waals surface area contributed by atoms with Gasteiger partial charge in [0.05, 0.1) is 11.7 Å². The molecule has 2 aromatic rings. The van der Waals surface area contributed by atoms with E-state index in [0.717, 1.165) is 18.7 Å². The molecule has 1 heterocycles. The second-order valence-electron chi connectivity index (χ2n) is 7.92. The maximum absolute atomic E-state index is 12.4.